The average Bonchev–Trinajstić information content (AvgIpc) is 2.45. The van der Waals surface area contributed by atoms with Crippen molar-refractivity contribution in [2.45, 2.75) is 9.64 Å². The molecule has 0 fully saturated rings. The van der Waals surface area contributed by atoms with Crippen LogP contribution < -0.4 is 4.52 Å². The highest BCUT2D eigenvalue weighted by Crippen LogP contribution is 2.61. The van der Waals surface area contributed by atoms with Gasteiger partial charge in [0.15, 0.2) is 0 Å². The van der Waals surface area contributed by atoms with Gasteiger partial charge < -0.3 is 13.8 Å². The number of halogens is 3. The van der Waals surface area contributed by atoms with Crippen LogP contribution in [0.2, 0.25) is 0 Å². The SMILES string of the molecule is COP1(=O)Oc2ccccc2C(=O)OC1C(Cl)(Cl)Cl. The van der Waals surface area contributed by atoms with Crippen molar-refractivity contribution in [3.05, 3.63) is 29.8 Å². The van der Waals surface area contributed by atoms with Gasteiger partial charge >= 0.3 is 13.6 Å². The van der Waals surface area contributed by atoms with E-state index in [0.717, 1.165) is 7.11 Å². The molecule has 1 aliphatic heterocycles. The molecule has 19 heavy (non-hydrogen) atoms. The molecule has 0 spiro atoms. The summed E-state index contributed by atoms with van der Waals surface area (Å²) in [5.41, 5.74) is 0.0801. The van der Waals surface area contributed by atoms with Gasteiger partial charge in [-0.25, -0.2) is 9.36 Å². The normalized spacial score (nSPS) is 26.9. The van der Waals surface area contributed by atoms with Crippen molar-refractivity contribution in [3.8, 4) is 5.75 Å². The first kappa shape index (κ1) is 14.9. The Balaban J connectivity index is 2.55. The van der Waals surface area contributed by atoms with Crippen LogP contribution in [0.1, 0.15) is 10.4 Å². The number of para-hydroxylation sites is 1. The molecule has 1 aromatic rings. The number of esters is 1. The Morgan fingerprint density at radius 2 is 1.95 bits per heavy atom. The summed E-state index contributed by atoms with van der Waals surface area (Å²) in [6, 6.07) is 6.08. The van der Waals surface area contributed by atoms with Crippen LogP contribution in [0, 0.1) is 0 Å². The Morgan fingerprint density at radius 3 is 2.53 bits per heavy atom. The predicted octanol–water partition coefficient (Wildman–Crippen LogP) is 3.77. The average molecular weight is 346 g/mol. The number of carbonyl (C=O) groups excluding carboxylic acids is 1. The van der Waals surface area contributed by atoms with Crippen molar-refractivity contribution in [2.75, 3.05) is 7.11 Å². The van der Waals surface area contributed by atoms with Crippen molar-refractivity contribution in [1.82, 2.24) is 0 Å². The quantitative estimate of drug-likeness (QED) is 0.440. The minimum absolute atomic E-state index is 0.0504. The molecule has 9 heteroatoms. The molecule has 2 atom stereocenters. The summed E-state index contributed by atoms with van der Waals surface area (Å²) in [5.74, 6) is -2.41. The standard InChI is InChI=1S/C10H8Cl3O5P/c1-16-19(15)9(10(11,12)13)17-8(14)6-4-2-3-5-7(6)18-19/h2-5,9H,1H3. The Bertz CT molecular complexity index is 556. The molecule has 0 aliphatic carbocycles. The lowest BCUT2D eigenvalue weighted by Crippen LogP contribution is -2.31. The largest absolute Gasteiger partial charge is 0.440 e. The predicted molar refractivity (Wildman–Crippen MR) is 71.2 cm³/mol. The number of hydrogen-bond acceptors (Lipinski definition) is 5. The second-order valence-corrected chi connectivity index (χ2v) is 8.07. The van der Waals surface area contributed by atoms with Crippen LogP contribution in [0.3, 0.4) is 0 Å². The van der Waals surface area contributed by atoms with Crippen LogP contribution in [-0.4, -0.2) is 22.7 Å². The molecule has 1 aromatic carbocycles. The number of fused-ring (bicyclic) bond motifs is 1. The Kier molecular flexibility index (Phi) is 4.05. The maximum Gasteiger partial charge on any atom is 0.423 e. The van der Waals surface area contributed by atoms with Gasteiger partial charge in [-0.05, 0) is 12.1 Å². The molecule has 0 amide bonds. The number of hydrogen-bond donors (Lipinski definition) is 0. The molecule has 0 saturated heterocycles. The molecule has 1 aliphatic rings. The van der Waals surface area contributed by atoms with Gasteiger partial charge in [-0.3, -0.25) is 0 Å². The van der Waals surface area contributed by atoms with Crippen LogP contribution in [-0.2, 0) is 13.8 Å². The van der Waals surface area contributed by atoms with Crippen LogP contribution in [0.5, 0.6) is 5.75 Å². The number of rotatable bonds is 1. The zero-order valence-corrected chi connectivity index (χ0v) is 12.7. The summed E-state index contributed by atoms with van der Waals surface area (Å²) in [7, 11) is -2.86. The molecular formula is C10H8Cl3O5P. The molecular weight excluding hydrogens is 337 g/mol. The highest BCUT2D eigenvalue weighted by Gasteiger charge is 2.54. The summed E-state index contributed by atoms with van der Waals surface area (Å²) < 4.78 is 25.4. The number of ether oxygens (including phenoxy) is 1. The van der Waals surface area contributed by atoms with E-state index in [1.807, 2.05) is 0 Å². The fourth-order valence-corrected chi connectivity index (χ4v) is 4.10. The van der Waals surface area contributed by atoms with Gasteiger partial charge in [-0.1, -0.05) is 46.9 Å². The fraction of sp³-hybridized carbons (Fsp3) is 0.300. The van der Waals surface area contributed by atoms with E-state index in [9.17, 15) is 9.36 Å². The molecule has 0 saturated carbocycles. The third kappa shape index (κ3) is 2.86. The van der Waals surface area contributed by atoms with Crippen molar-refractivity contribution in [1.29, 1.82) is 0 Å². The van der Waals surface area contributed by atoms with E-state index in [1.165, 1.54) is 12.1 Å². The number of alkyl halides is 3. The van der Waals surface area contributed by atoms with E-state index in [1.54, 1.807) is 12.1 Å². The molecule has 5 nitrogen and oxygen atoms in total. The summed E-state index contributed by atoms with van der Waals surface area (Å²) in [4.78, 5) is 11.9. The highest BCUT2D eigenvalue weighted by molar-refractivity contribution is 7.55. The molecule has 1 heterocycles. The van der Waals surface area contributed by atoms with Gasteiger partial charge in [0.2, 0.25) is 3.79 Å². The fourth-order valence-electron chi connectivity index (χ4n) is 1.51. The second-order valence-electron chi connectivity index (χ2n) is 3.61. The Hall–Kier alpha value is -0.450. The Morgan fingerprint density at radius 1 is 1.32 bits per heavy atom. The summed E-state index contributed by atoms with van der Waals surface area (Å²) in [6.45, 7) is 0. The minimum atomic E-state index is -3.98. The van der Waals surface area contributed by atoms with Crippen molar-refractivity contribution < 1.29 is 23.1 Å². The first-order valence-corrected chi connectivity index (χ1v) is 7.74. The lowest BCUT2D eigenvalue weighted by atomic mass is 10.2. The second kappa shape index (κ2) is 5.15. The molecule has 0 aromatic heterocycles. The van der Waals surface area contributed by atoms with Crippen LogP contribution in [0.4, 0.5) is 0 Å². The number of cyclic esters (lactones) is 1. The smallest absolute Gasteiger partial charge is 0.423 e. The third-order valence-electron chi connectivity index (χ3n) is 2.37. The van der Waals surface area contributed by atoms with Crippen molar-refractivity contribution in [2.24, 2.45) is 0 Å². The number of carbonyl (C=O) groups is 1. The topological polar surface area (TPSA) is 61.8 Å². The molecule has 104 valence electrons. The summed E-state index contributed by atoms with van der Waals surface area (Å²) in [6.07, 6.45) is 0. The zero-order chi connectivity index (χ0) is 14.3. The van der Waals surface area contributed by atoms with Gasteiger partial charge in [0.05, 0.1) is 0 Å². The minimum Gasteiger partial charge on any atom is -0.440 e. The lowest BCUT2D eigenvalue weighted by Gasteiger charge is -2.27. The summed E-state index contributed by atoms with van der Waals surface area (Å²) >= 11 is 17.0. The molecule has 2 rings (SSSR count). The molecule has 2 unspecified atom stereocenters. The zero-order valence-electron chi connectivity index (χ0n) is 9.51. The van der Waals surface area contributed by atoms with E-state index in [4.69, 9.17) is 48.6 Å². The van der Waals surface area contributed by atoms with Gasteiger partial charge in [0, 0.05) is 7.11 Å². The highest BCUT2D eigenvalue weighted by atomic mass is 35.6. The van der Waals surface area contributed by atoms with Gasteiger partial charge in [-0.2, -0.15) is 0 Å². The first-order valence-electron chi connectivity index (χ1n) is 5.00. The van der Waals surface area contributed by atoms with Gasteiger partial charge in [0.1, 0.15) is 11.3 Å². The lowest BCUT2D eigenvalue weighted by molar-refractivity contribution is 0.0423. The molecule has 0 bridgehead atoms. The van der Waals surface area contributed by atoms with E-state index in [0.29, 0.717) is 0 Å². The van der Waals surface area contributed by atoms with E-state index in [2.05, 4.69) is 0 Å². The van der Waals surface area contributed by atoms with Crippen molar-refractivity contribution >= 4 is 48.4 Å². The van der Waals surface area contributed by atoms with Crippen LogP contribution >= 0.6 is 42.4 Å². The summed E-state index contributed by atoms with van der Waals surface area (Å²) in [5, 5.41) is 0. The van der Waals surface area contributed by atoms with E-state index in [-0.39, 0.29) is 11.3 Å². The maximum atomic E-state index is 12.5. The van der Waals surface area contributed by atoms with Gasteiger partial charge in [0.25, 0.3) is 5.85 Å². The van der Waals surface area contributed by atoms with Crippen LogP contribution in [0.15, 0.2) is 24.3 Å². The maximum absolute atomic E-state index is 12.5. The molecule has 0 N–H and O–H groups in total. The first-order chi connectivity index (χ1) is 8.78. The van der Waals surface area contributed by atoms with Gasteiger partial charge in [-0.15, -0.1) is 0 Å². The van der Waals surface area contributed by atoms with E-state index < -0.39 is 23.2 Å². The van der Waals surface area contributed by atoms with Crippen molar-refractivity contribution in [3.63, 3.8) is 0 Å². The van der Waals surface area contributed by atoms with Crippen LogP contribution in [0.25, 0.3) is 0 Å². The number of benzene rings is 1. The monoisotopic (exact) mass is 344 g/mol. The van der Waals surface area contributed by atoms with E-state index >= 15 is 0 Å². The third-order valence-corrected chi connectivity index (χ3v) is 5.45. The Labute approximate surface area is 124 Å². The molecule has 0 radical (unpaired) electrons.